The fraction of sp³-hybridized carbons (Fsp3) is 0.100. The molecule has 0 amide bonds. The lowest BCUT2D eigenvalue weighted by atomic mass is 9.92. The van der Waals surface area contributed by atoms with Crippen LogP contribution in [0, 0.1) is 10.2 Å². The Bertz CT molecular complexity index is 1950. The summed E-state index contributed by atoms with van der Waals surface area (Å²) >= 11 is 10.3. The van der Waals surface area contributed by atoms with Crippen LogP contribution >= 0.6 is 23.4 Å². The van der Waals surface area contributed by atoms with E-state index >= 15 is 0 Å². The maximum absolute atomic E-state index is 8.49. The van der Waals surface area contributed by atoms with Gasteiger partial charge in [-0.25, -0.2) is 18.6 Å². The Balaban J connectivity index is 0.000000749. The van der Waals surface area contributed by atoms with Crippen molar-refractivity contribution in [1.29, 1.82) is 0 Å². The Morgan fingerprint density at radius 1 is 0.729 bits per heavy atom. The zero-order valence-electron chi connectivity index (χ0n) is 25.8. The molecule has 0 N–H and O–H groups in total. The predicted octanol–water partition coefficient (Wildman–Crippen LogP) is 6.63. The van der Waals surface area contributed by atoms with E-state index in [9.17, 15) is 0 Å². The number of fused-ring (bicyclic) bond motifs is 2. The predicted molar refractivity (Wildman–Crippen MR) is 189 cm³/mol. The van der Waals surface area contributed by atoms with E-state index in [2.05, 4.69) is 146 Å². The van der Waals surface area contributed by atoms with Crippen LogP contribution in [0.4, 0.5) is 0 Å². The monoisotopic (exact) mass is 710 g/mol. The van der Waals surface area contributed by atoms with E-state index in [-0.39, 0.29) is 0 Å². The second-order valence-corrected chi connectivity index (χ2v) is 14.8. The van der Waals surface area contributed by atoms with E-state index in [1.54, 1.807) is 0 Å². The van der Waals surface area contributed by atoms with Crippen LogP contribution in [0.15, 0.2) is 172 Å². The number of hydrogen-bond donors (Lipinski definition) is 0. The van der Waals surface area contributed by atoms with Crippen molar-refractivity contribution in [3.63, 3.8) is 0 Å². The molecule has 0 spiro atoms. The molecule has 2 aliphatic heterocycles. The lowest BCUT2D eigenvalue weighted by Crippen LogP contribution is -2.68. The van der Waals surface area contributed by atoms with Gasteiger partial charge in [0, 0.05) is 37.7 Å². The number of halogens is 2. The van der Waals surface area contributed by atoms with Gasteiger partial charge in [0.2, 0.25) is 0 Å². The molecule has 3 aliphatic rings. The van der Waals surface area contributed by atoms with Gasteiger partial charge < -0.3 is 0 Å². The first kappa shape index (κ1) is 34.3. The zero-order valence-corrected chi connectivity index (χ0v) is 29.0. The molecule has 1 atom stereocenters. The maximum Gasteiger partial charge on any atom is 0.165 e. The van der Waals surface area contributed by atoms with Crippen molar-refractivity contribution in [2.24, 2.45) is 0 Å². The first-order valence-corrected chi connectivity index (χ1v) is 18.8. The molecule has 7 rings (SSSR count). The third kappa shape index (κ3) is 8.91. The third-order valence-electron chi connectivity index (χ3n) is 8.12. The molecule has 0 fully saturated rings. The molecule has 48 heavy (non-hydrogen) atoms. The Labute approximate surface area is 296 Å². The number of allylic oxidation sites excluding steroid dienone is 10. The van der Waals surface area contributed by atoms with Crippen molar-refractivity contribution in [1.82, 2.24) is 0 Å². The SMILES string of the molecule is ClC1=C(C=CC2=CC(c3ccccc3)[SH+]c3ccccc32)CCCC1=CC=C1C=C(c2ccccc2)Sc2ccccc21.[O-][Cl+3]([O-])([O-])[O-]. The molecule has 0 bridgehead atoms. The van der Waals surface area contributed by atoms with Crippen molar-refractivity contribution in [3.05, 3.63) is 184 Å². The summed E-state index contributed by atoms with van der Waals surface area (Å²) in [5, 5.41) is 1.24. The van der Waals surface area contributed by atoms with Crippen LogP contribution in [0.5, 0.6) is 0 Å². The molecule has 4 aromatic carbocycles. The second-order valence-electron chi connectivity index (χ2n) is 11.3. The van der Waals surface area contributed by atoms with Gasteiger partial charge in [0.15, 0.2) is 10.1 Å². The average molecular weight is 712 g/mol. The summed E-state index contributed by atoms with van der Waals surface area (Å²) < 4.78 is 34.0. The van der Waals surface area contributed by atoms with Crippen molar-refractivity contribution in [2.45, 2.75) is 34.3 Å². The van der Waals surface area contributed by atoms with E-state index < -0.39 is 10.2 Å². The van der Waals surface area contributed by atoms with Crippen LogP contribution in [0.1, 0.15) is 46.8 Å². The molecule has 0 saturated heterocycles. The normalized spacial score (nSPS) is 19.3. The highest BCUT2D eigenvalue weighted by atomic mass is 35.7. The number of thioether (sulfide) groups is 1. The first-order valence-electron chi connectivity index (χ1n) is 15.4. The number of rotatable bonds is 5. The van der Waals surface area contributed by atoms with Gasteiger partial charge in [-0.1, -0.05) is 139 Å². The molecule has 4 aromatic rings. The number of thiol groups is 1. The smallest absolute Gasteiger partial charge is 0.165 e. The number of hydrogen-bond acceptors (Lipinski definition) is 5. The van der Waals surface area contributed by atoms with Gasteiger partial charge in [-0.2, -0.15) is 0 Å². The average Bonchev–Trinajstić information content (AvgIpc) is 3.10. The van der Waals surface area contributed by atoms with Gasteiger partial charge >= 0.3 is 0 Å². The fourth-order valence-corrected chi connectivity index (χ4v) is 8.68. The van der Waals surface area contributed by atoms with Crippen molar-refractivity contribution in [2.75, 3.05) is 0 Å². The first-order chi connectivity index (χ1) is 23.2. The van der Waals surface area contributed by atoms with Gasteiger partial charge in [0.25, 0.3) is 0 Å². The van der Waals surface area contributed by atoms with Gasteiger partial charge in [-0.05, 0) is 83.0 Å². The van der Waals surface area contributed by atoms with Crippen LogP contribution in [-0.2, 0) is 11.8 Å². The molecule has 2 heterocycles. The summed E-state index contributed by atoms with van der Waals surface area (Å²) in [6, 6.07) is 38.9. The lowest BCUT2D eigenvalue weighted by Gasteiger charge is -2.20. The molecule has 8 heteroatoms. The minimum absolute atomic E-state index is 0.346. The molecule has 242 valence electrons. The topological polar surface area (TPSA) is 92.2 Å². The third-order valence-corrected chi connectivity index (χ3v) is 11.1. The van der Waals surface area contributed by atoms with Crippen molar-refractivity contribution in [3.8, 4) is 0 Å². The maximum atomic E-state index is 8.49. The molecular formula is C40H32Cl2O4S2. The van der Waals surface area contributed by atoms with E-state index in [0.717, 1.165) is 24.3 Å². The van der Waals surface area contributed by atoms with Crippen molar-refractivity contribution < 1.29 is 28.9 Å². The van der Waals surface area contributed by atoms with Crippen LogP contribution in [-0.4, -0.2) is 0 Å². The zero-order chi connectivity index (χ0) is 33.5. The summed E-state index contributed by atoms with van der Waals surface area (Å²) in [4.78, 5) is 3.94. The highest BCUT2D eigenvalue weighted by Crippen LogP contribution is 2.45. The molecule has 0 aromatic heterocycles. The Hall–Kier alpha value is -3.56. The van der Waals surface area contributed by atoms with Gasteiger partial charge in [0.1, 0.15) is 0 Å². The summed E-state index contributed by atoms with van der Waals surface area (Å²) in [7, 11) is -4.94. The Morgan fingerprint density at radius 2 is 1.38 bits per heavy atom. The summed E-state index contributed by atoms with van der Waals surface area (Å²) in [5.41, 5.74) is 10.1. The highest BCUT2D eigenvalue weighted by molar-refractivity contribution is 8.08. The van der Waals surface area contributed by atoms with Gasteiger partial charge in [-0.3, -0.25) is 0 Å². The van der Waals surface area contributed by atoms with E-state index in [1.807, 2.05) is 11.8 Å². The number of benzene rings is 4. The molecule has 4 nitrogen and oxygen atoms in total. The Kier molecular flexibility index (Phi) is 11.3. The standard InChI is InChI=1S/C40H31ClS2.ClHO4/c41-40-30(22-24-32-26-38(28-12-3-1-4-13-28)42-36-20-9-7-18-34(32)36)16-11-17-31(40)23-25-33-27-39(29-14-5-2-6-15-29)43-37-21-10-8-19-35(33)37;2-1(3,4)5/h1-10,12-15,18-27,38H,11,16-17H2;(H,2,3,4,5). The van der Waals surface area contributed by atoms with Gasteiger partial charge in [0.05, 0.1) is 0 Å². The van der Waals surface area contributed by atoms with E-state index in [4.69, 9.17) is 30.2 Å². The highest BCUT2D eigenvalue weighted by Gasteiger charge is 2.27. The van der Waals surface area contributed by atoms with Crippen LogP contribution in [0.25, 0.3) is 16.1 Å². The summed E-state index contributed by atoms with van der Waals surface area (Å²) in [6.07, 6.45) is 16.9. The van der Waals surface area contributed by atoms with E-state index in [0.29, 0.717) is 5.25 Å². The van der Waals surface area contributed by atoms with Crippen LogP contribution < -0.4 is 18.6 Å². The molecule has 0 saturated carbocycles. The molecular weight excluding hydrogens is 679 g/mol. The Morgan fingerprint density at radius 3 is 2.12 bits per heavy atom. The largest absolute Gasteiger partial charge is 0.222 e. The summed E-state index contributed by atoms with van der Waals surface area (Å²) in [6.45, 7) is 0. The van der Waals surface area contributed by atoms with Crippen LogP contribution in [0.2, 0.25) is 0 Å². The molecule has 0 radical (unpaired) electrons. The minimum Gasteiger partial charge on any atom is -0.222 e. The fourth-order valence-electron chi connectivity index (χ4n) is 5.88. The quantitative estimate of drug-likeness (QED) is 0.171. The van der Waals surface area contributed by atoms with Gasteiger partial charge in [-0.15, -0.1) is 10.2 Å². The second kappa shape index (κ2) is 15.8. The van der Waals surface area contributed by atoms with Crippen molar-refractivity contribution >= 4 is 51.2 Å². The summed E-state index contributed by atoms with van der Waals surface area (Å²) in [5.74, 6) is 0. The lowest BCUT2D eigenvalue weighted by molar-refractivity contribution is -2.00. The van der Waals surface area contributed by atoms with Crippen LogP contribution in [0.3, 0.4) is 0 Å². The van der Waals surface area contributed by atoms with E-state index in [1.165, 1.54) is 71.0 Å². The molecule has 1 aliphatic carbocycles. The molecule has 1 unspecified atom stereocenters. The minimum atomic E-state index is -4.94.